The van der Waals surface area contributed by atoms with Crippen molar-refractivity contribution in [2.45, 2.75) is 26.0 Å². The number of aromatic nitrogens is 1. The SMILES string of the molecule is C#CCOCC(O)CN(CCC)Cc1cccn1C. The molecule has 0 aromatic carbocycles. The van der Waals surface area contributed by atoms with Gasteiger partial charge in [-0.15, -0.1) is 6.42 Å². The van der Waals surface area contributed by atoms with Gasteiger partial charge in [0.2, 0.25) is 0 Å². The Hall–Kier alpha value is -1.28. The van der Waals surface area contributed by atoms with Gasteiger partial charge in [0.15, 0.2) is 0 Å². The molecule has 0 bridgehead atoms. The van der Waals surface area contributed by atoms with Crippen LogP contribution >= 0.6 is 0 Å². The Labute approximate surface area is 116 Å². The first-order valence-corrected chi connectivity index (χ1v) is 6.69. The fourth-order valence-electron chi connectivity index (χ4n) is 2.05. The zero-order chi connectivity index (χ0) is 14.1. The lowest BCUT2D eigenvalue weighted by atomic mass is 10.3. The maximum absolute atomic E-state index is 9.93. The molecule has 0 saturated carbocycles. The molecule has 0 aliphatic heterocycles. The highest BCUT2D eigenvalue weighted by atomic mass is 16.5. The third kappa shape index (κ3) is 5.93. The van der Waals surface area contributed by atoms with E-state index in [1.165, 1.54) is 5.69 Å². The molecule has 19 heavy (non-hydrogen) atoms. The second-order valence-corrected chi connectivity index (χ2v) is 4.72. The average molecular weight is 264 g/mol. The van der Waals surface area contributed by atoms with Crippen molar-refractivity contribution >= 4 is 0 Å². The quantitative estimate of drug-likeness (QED) is 0.539. The van der Waals surface area contributed by atoms with E-state index < -0.39 is 6.10 Å². The molecule has 0 spiro atoms. The molecule has 1 rings (SSSR count). The molecule has 1 aromatic rings. The van der Waals surface area contributed by atoms with Gasteiger partial charge in [0.05, 0.1) is 12.7 Å². The first kappa shape index (κ1) is 15.8. The van der Waals surface area contributed by atoms with Gasteiger partial charge in [-0.05, 0) is 25.1 Å². The van der Waals surface area contributed by atoms with Crippen molar-refractivity contribution in [2.75, 3.05) is 26.3 Å². The molecule has 1 aromatic heterocycles. The van der Waals surface area contributed by atoms with Crippen LogP contribution in [0.1, 0.15) is 19.0 Å². The second kappa shape index (κ2) is 8.76. The van der Waals surface area contributed by atoms with Crippen LogP contribution in [0.15, 0.2) is 18.3 Å². The Morgan fingerprint density at radius 2 is 2.37 bits per heavy atom. The predicted molar refractivity (Wildman–Crippen MR) is 76.6 cm³/mol. The fourth-order valence-corrected chi connectivity index (χ4v) is 2.05. The standard InChI is InChI=1S/C15H24N2O2/c1-4-8-17(11-14-7-6-9-16(14)3)12-15(18)13-19-10-5-2/h2,6-7,9,15,18H,4,8,10-13H2,1,3H3. The summed E-state index contributed by atoms with van der Waals surface area (Å²) in [7, 11) is 2.03. The van der Waals surface area contributed by atoms with Gasteiger partial charge in [-0.25, -0.2) is 0 Å². The molecular weight excluding hydrogens is 240 g/mol. The Kier molecular flexibility index (Phi) is 7.27. The number of rotatable bonds is 9. The number of aryl methyl sites for hydroxylation is 1. The highest BCUT2D eigenvalue weighted by Gasteiger charge is 2.12. The van der Waals surface area contributed by atoms with E-state index in [1.54, 1.807) is 0 Å². The Morgan fingerprint density at radius 1 is 1.58 bits per heavy atom. The average Bonchev–Trinajstić information content (AvgIpc) is 2.76. The van der Waals surface area contributed by atoms with Crippen molar-refractivity contribution in [3.8, 4) is 12.3 Å². The van der Waals surface area contributed by atoms with Gasteiger partial charge >= 0.3 is 0 Å². The molecular formula is C15H24N2O2. The van der Waals surface area contributed by atoms with Crippen molar-refractivity contribution < 1.29 is 9.84 Å². The molecule has 4 nitrogen and oxygen atoms in total. The fraction of sp³-hybridized carbons (Fsp3) is 0.600. The monoisotopic (exact) mass is 264 g/mol. The first-order chi connectivity index (χ1) is 9.17. The van der Waals surface area contributed by atoms with Crippen LogP contribution in [0.25, 0.3) is 0 Å². The number of hydrogen-bond donors (Lipinski definition) is 1. The summed E-state index contributed by atoms with van der Waals surface area (Å²) < 4.78 is 7.27. The summed E-state index contributed by atoms with van der Waals surface area (Å²) in [5, 5.41) is 9.93. The Bertz CT molecular complexity index is 395. The van der Waals surface area contributed by atoms with E-state index in [0.717, 1.165) is 19.5 Å². The highest BCUT2D eigenvalue weighted by Crippen LogP contribution is 2.06. The maximum Gasteiger partial charge on any atom is 0.107 e. The van der Waals surface area contributed by atoms with Crippen LogP contribution in [0, 0.1) is 12.3 Å². The number of nitrogens with zero attached hydrogens (tertiary/aromatic N) is 2. The summed E-state index contributed by atoms with van der Waals surface area (Å²) in [6.45, 7) is 5.07. The summed E-state index contributed by atoms with van der Waals surface area (Å²) in [5.41, 5.74) is 1.24. The third-order valence-electron chi connectivity index (χ3n) is 2.94. The molecule has 1 unspecified atom stereocenters. The first-order valence-electron chi connectivity index (χ1n) is 6.69. The predicted octanol–water partition coefficient (Wildman–Crippen LogP) is 1.25. The van der Waals surface area contributed by atoms with E-state index in [-0.39, 0.29) is 13.2 Å². The van der Waals surface area contributed by atoms with Crippen LogP contribution in [-0.4, -0.2) is 47.0 Å². The summed E-state index contributed by atoms with van der Waals surface area (Å²) in [5.74, 6) is 2.40. The van der Waals surface area contributed by atoms with Gasteiger partial charge in [-0.1, -0.05) is 12.8 Å². The minimum absolute atomic E-state index is 0.253. The van der Waals surface area contributed by atoms with Gasteiger partial charge in [0, 0.05) is 32.0 Å². The van der Waals surface area contributed by atoms with Crippen molar-refractivity contribution in [3.05, 3.63) is 24.0 Å². The summed E-state index contributed by atoms with van der Waals surface area (Å²) in [4.78, 5) is 2.24. The minimum Gasteiger partial charge on any atom is -0.389 e. The smallest absolute Gasteiger partial charge is 0.107 e. The molecule has 0 fully saturated rings. The second-order valence-electron chi connectivity index (χ2n) is 4.72. The Morgan fingerprint density at radius 3 is 2.95 bits per heavy atom. The summed E-state index contributed by atoms with van der Waals surface area (Å²) >= 11 is 0. The van der Waals surface area contributed by atoms with Crippen LogP contribution in [0.5, 0.6) is 0 Å². The van der Waals surface area contributed by atoms with Gasteiger partial charge in [-0.3, -0.25) is 4.90 Å². The van der Waals surface area contributed by atoms with Crippen molar-refractivity contribution in [1.82, 2.24) is 9.47 Å². The van der Waals surface area contributed by atoms with Gasteiger partial charge in [0.25, 0.3) is 0 Å². The van der Waals surface area contributed by atoms with Crippen molar-refractivity contribution in [3.63, 3.8) is 0 Å². The molecule has 0 aliphatic rings. The van der Waals surface area contributed by atoms with E-state index in [0.29, 0.717) is 6.54 Å². The van der Waals surface area contributed by atoms with E-state index in [4.69, 9.17) is 11.2 Å². The molecule has 1 N–H and O–H groups in total. The largest absolute Gasteiger partial charge is 0.389 e. The number of ether oxygens (including phenoxy) is 1. The number of aliphatic hydroxyl groups is 1. The Balaban J connectivity index is 2.44. The van der Waals surface area contributed by atoms with Gasteiger partial charge < -0.3 is 14.4 Å². The van der Waals surface area contributed by atoms with Crippen molar-refractivity contribution in [1.29, 1.82) is 0 Å². The molecule has 0 saturated heterocycles. The maximum atomic E-state index is 9.93. The van der Waals surface area contributed by atoms with Crippen LogP contribution in [-0.2, 0) is 18.3 Å². The molecule has 1 atom stereocenters. The van der Waals surface area contributed by atoms with Crippen molar-refractivity contribution in [2.24, 2.45) is 7.05 Å². The lowest BCUT2D eigenvalue weighted by molar-refractivity contribution is 0.0257. The number of hydrogen-bond acceptors (Lipinski definition) is 3. The summed E-state index contributed by atoms with van der Waals surface area (Å²) in [6, 6.07) is 4.13. The highest BCUT2D eigenvalue weighted by molar-refractivity contribution is 5.06. The van der Waals surface area contributed by atoms with E-state index >= 15 is 0 Å². The molecule has 0 amide bonds. The van der Waals surface area contributed by atoms with Crippen LogP contribution in [0.3, 0.4) is 0 Å². The minimum atomic E-state index is -0.500. The van der Waals surface area contributed by atoms with Crippen LogP contribution < -0.4 is 0 Å². The zero-order valence-electron chi connectivity index (χ0n) is 11.9. The van der Waals surface area contributed by atoms with E-state index in [9.17, 15) is 5.11 Å². The lowest BCUT2D eigenvalue weighted by Gasteiger charge is -2.24. The van der Waals surface area contributed by atoms with E-state index in [2.05, 4.69) is 28.4 Å². The topological polar surface area (TPSA) is 37.6 Å². The molecule has 4 heteroatoms. The van der Waals surface area contributed by atoms with Gasteiger partial charge in [0.1, 0.15) is 6.61 Å². The van der Waals surface area contributed by atoms with E-state index in [1.807, 2.05) is 19.3 Å². The van der Waals surface area contributed by atoms with Crippen LogP contribution in [0.4, 0.5) is 0 Å². The van der Waals surface area contributed by atoms with Gasteiger partial charge in [-0.2, -0.15) is 0 Å². The molecule has 1 heterocycles. The van der Waals surface area contributed by atoms with Crippen LogP contribution in [0.2, 0.25) is 0 Å². The zero-order valence-corrected chi connectivity index (χ0v) is 11.9. The lowest BCUT2D eigenvalue weighted by Crippen LogP contribution is -2.35. The number of aliphatic hydroxyl groups excluding tert-OH is 1. The third-order valence-corrected chi connectivity index (χ3v) is 2.94. The molecule has 0 aliphatic carbocycles. The molecule has 0 radical (unpaired) electrons. The number of terminal acetylenes is 1. The normalized spacial score (nSPS) is 12.6. The summed E-state index contributed by atoms with van der Waals surface area (Å²) in [6.07, 6.45) is 7.69. The molecule has 106 valence electrons.